The predicted octanol–water partition coefficient (Wildman–Crippen LogP) is 3.48. The Morgan fingerprint density at radius 1 is 1.25 bits per heavy atom. The fourth-order valence-electron chi connectivity index (χ4n) is 2.86. The Morgan fingerprint density at radius 2 is 1.97 bits per heavy atom. The summed E-state index contributed by atoms with van der Waals surface area (Å²) in [5, 5.41) is 5.46. The molecule has 1 fully saturated rings. The fraction of sp³-hybridized carbons (Fsp3) is 0.130. The smallest absolute Gasteiger partial charge is 0.265 e. The SMILES string of the molecule is C=CCN1C(=O)/C(=C/c2ccc(OCC(=O)Nc3ccc(C)cc3)c(Cl)c2)C(=O)NC1=S. The first-order valence-electron chi connectivity index (χ1n) is 9.57. The Balaban J connectivity index is 1.68. The van der Waals surface area contributed by atoms with Crippen molar-refractivity contribution >= 4 is 58.4 Å². The number of aryl methyl sites for hydroxylation is 1. The molecule has 3 rings (SSSR count). The Hall–Kier alpha value is -3.49. The number of carbonyl (C=O) groups is 3. The number of anilines is 1. The molecule has 164 valence electrons. The summed E-state index contributed by atoms with van der Waals surface area (Å²) >= 11 is 11.3. The van der Waals surface area contributed by atoms with Crippen LogP contribution >= 0.6 is 23.8 Å². The van der Waals surface area contributed by atoms with E-state index in [0.29, 0.717) is 17.0 Å². The van der Waals surface area contributed by atoms with Crippen molar-refractivity contribution in [2.75, 3.05) is 18.5 Å². The molecule has 7 nitrogen and oxygen atoms in total. The number of thiocarbonyl (C=S) groups is 1. The van der Waals surface area contributed by atoms with E-state index in [2.05, 4.69) is 17.2 Å². The summed E-state index contributed by atoms with van der Waals surface area (Å²) in [6.07, 6.45) is 2.92. The summed E-state index contributed by atoms with van der Waals surface area (Å²) in [5.41, 5.74) is 2.18. The first kappa shape index (κ1) is 23.2. The van der Waals surface area contributed by atoms with Crippen LogP contribution in [0.2, 0.25) is 5.02 Å². The van der Waals surface area contributed by atoms with Crippen molar-refractivity contribution in [2.24, 2.45) is 0 Å². The number of hydrogen-bond acceptors (Lipinski definition) is 5. The van der Waals surface area contributed by atoms with E-state index in [1.807, 2.05) is 19.1 Å². The number of nitrogens with one attached hydrogen (secondary N) is 2. The molecule has 1 saturated heterocycles. The molecule has 0 atom stereocenters. The van der Waals surface area contributed by atoms with Crippen molar-refractivity contribution in [3.63, 3.8) is 0 Å². The minimum Gasteiger partial charge on any atom is -0.482 e. The van der Waals surface area contributed by atoms with E-state index in [1.54, 1.807) is 24.3 Å². The number of nitrogens with zero attached hydrogens (tertiary/aromatic N) is 1. The van der Waals surface area contributed by atoms with Crippen LogP contribution in [0.3, 0.4) is 0 Å². The largest absolute Gasteiger partial charge is 0.482 e. The Kier molecular flexibility index (Phi) is 7.40. The minimum absolute atomic E-state index is 0.0303. The molecule has 0 unspecified atom stereocenters. The lowest BCUT2D eigenvalue weighted by Crippen LogP contribution is -2.53. The Labute approximate surface area is 195 Å². The van der Waals surface area contributed by atoms with Gasteiger partial charge in [0, 0.05) is 12.2 Å². The number of rotatable bonds is 7. The molecule has 2 N–H and O–H groups in total. The van der Waals surface area contributed by atoms with Gasteiger partial charge in [-0.15, -0.1) is 6.58 Å². The molecule has 0 aromatic heterocycles. The average molecular weight is 470 g/mol. The highest BCUT2D eigenvalue weighted by atomic mass is 35.5. The third-order valence-corrected chi connectivity index (χ3v) is 5.08. The Morgan fingerprint density at radius 3 is 2.62 bits per heavy atom. The lowest BCUT2D eigenvalue weighted by atomic mass is 10.1. The van der Waals surface area contributed by atoms with Crippen LogP contribution in [-0.2, 0) is 14.4 Å². The quantitative estimate of drug-likeness (QED) is 0.280. The maximum Gasteiger partial charge on any atom is 0.265 e. The summed E-state index contributed by atoms with van der Waals surface area (Å²) in [6, 6.07) is 12.1. The van der Waals surface area contributed by atoms with Gasteiger partial charge in [0.05, 0.1) is 5.02 Å². The number of benzene rings is 2. The third-order valence-electron chi connectivity index (χ3n) is 4.46. The highest BCUT2D eigenvalue weighted by Gasteiger charge is 2.32. The van der Waals surface area contributed by atoms with Gasteiger partial charge in [0.2, 0.25) is 0 Å². The summed E-state index contributed by atoms with van der Waals surface area (Å²) in [5.74, 6) is -1.16. The van der Waals surface area contributed by atoms with E-state index in [4.69, 9.17) is 28.6 Å². The van der Waals surface area contributed by atoms with Gasteiger partial charge in [0.25, 0.3) is 17.7 Å². The number of hydrogen-bond donors (Lipinski definition) is 2. The van der Waals surface area contributed by atoms with E-state index in [9.17, 15) is 14.4 Å². The minimum atomic E-state index is -0.593. The zero-order chi connectivity index (χ0) is 23.3. The second-order valence-corrected chi connectivity index (χ2v) is 7.71. The van der Waals surface area contributed by atoms with E-state index in [1.165, 1.54) is 23.1 Å². The lowest BCUT2D eigenvalue weighted by Gasteiger charge is -2.27. The summed E-state index contributed by atoms with van der Waals surface area (Å²) in [4.78, 5) is 38.2. The van der Waals surface area contributed by atoms with Crippen molar-refractivity contribution in [3.05, 3.63) is 76.8 Å². The van der Waals surface area contributed by atoms with Gasteiger partial charge in [-0.1, -0.05) is 41.4 Å². The lowest BCUT2D eigenvalue weighted by molar-refractivity contribution is -0.128. The number of amides is 3. The van der Waals surface area contributed by atoms with Crippen molar-refractivity contribution < 1.29 is 19.1 Å². The van der Waals surface area contributed by atoms with Crippen LogP contribution in [0.5, 0.6) is 5.75 Å². The zero-order valence-electron chi connectivity index (χ0n) is 17.2. The van der Waals surface area contributed by atoms with Crippen molar-refractivity contribution in [1.29, 1.82) is 0 Å². The number of halogens is 1. The van der Waals surface area contributed by atoms with E-state index >= 15 is 0 Å². The maximum absolute atomic E-state index is 12.6. The van der Waals surface area contributed by atoms with Crippen LogP contribution in [0.15, 0.2) is 60.7 Å². The number of ether oxygens (including phenoxy) is 1. The van der Waals surface area contributed by atoms with Crippen molar-refractivity contribution in [1.82, 2.24) is 10.2 Å². The van der Waals surface area contributed by atoms with Gasteiger partial charge in [0.15, 0.2) is 11.7 Å². The van der Waals surface area contributed by atoms with Gasteiger partial charge < -0.3 is 10.1 Å². The van der Waals surface area contributed by atoms with Gasteiger partial charge in [0.1, 0.15) is 11.3 Å². The van der Waals surface area contributed by atoms with Crippen LogP contribution in [0.25, 0.3) is 6.08 Å². The van der Waals surface area contributed by atoms with Crippen molar-refractivity contribution in [2.45, 2.75) is 6.92 Å². The van der Waals surface area contributed by atoms with E-state index < -0.39 is 11.8 Å². The molecular formula is C23H20ClN3O4S. The molecule has 2 aromatic carbocycles. The van der Waals surface area contributed by atoms with E-state index in [-0.39, 0.29) is 34.8 Å². The van der Waals surface area contributed by atoms with E-state index in [0.717, 1.165) is 5.56 Å². The molecule has 0 spiro atoms. The maximum atomic E-state index is 12.6. The molecule has 0 aliphatic carbocycles. The second kappa shape index (κ2) is 10.2. The number of carbonyl (C=O) groups excluding carboxylic acids is 3. The molecule has 1 heterocycles. The van der Waals surface area contributed by atoms with Crippen LogP contribution in [0.1, 0.15) is 11.1 Å². The highest BCUT2D eigenvalue weighted by molar-refractivity contribution is 7.80. The molecule has 1 aliphatic heterocycles. The standard InChI is InChI=1S/C23H20ClN3O4S/c1-3-10-27-22(30)17(21(29)26-23(27)32)11-15-6-9-19(18(24)12-15)31-13-20(28)25-16-7-4-14(2)5-8-16/h3-9,11-12H,1,10,13H2,2H3,(H,25,28)(H,26,29,32)/b17-11+. The van der Waals surface area contributed by atoms with Gasteiger partial charge >= 0.3 is 0 Å². The van der Waals surface area contributed by atoms with Gasteiger partial charge in [-0.3, -0.25) is 24.6 Å². The molecule has 0 bridgehead atoms. The van der Waals surface area contributed by atoms with Gasteiger partial charge in [-0.2, -0.15) is 0 Å². The van der Waals surface area contributed by atoms with Gasteiger partial charge in [-0.05, 0) is 55.0 Å². The Bertz CT molecular complexity index is 1130. The first-order chi connectivity index (χ1) is 15.3. The average Bonchev–Trinajstić information content (AvgIpc) is 2.75. The molecule has 32 heavy (non-hydrogen) atoms. The first-order valence-corrected chi connectivity index (χ1v) is 10.4. The second-order valence-electron chi connectivity index (χ2n) is 6.91. The molecule has 3 amide bonds. The predicted molar refractivity (Wildman–Crippen MR) is 127 cm³/mol. The molecule has 1 aliphatic rings. The molecule has 0 radical (unpaired) electrons. The monoisotopic (exact) mass is 469 g/mol. The topological polar surface area (TPSA) is 87.7 Å². The molecule has 9 heteroatoms. The van der Waals surface area contributed by atoms with Gasteiger partial charge in [-0.25, -0.2) is 0 Å². The van der Waals surface area contributed by atoms with Crippen molar-refractivity contribution in [3.8, 4) is 5.75 Å². The van der Waals surface area contributed by atoms with Crippen LogP contribution in [0, 0.1) is 6.92 Å². The summed E-state index contributed by atoms with van der Waals surface area (Å²) < 4.78 is 5.50. The highest BCUT2D eigenvalue weighted by Crippen LogP contribution is 2.27. The van der Waals surface area contributed by atoms with Crippen LogP contribution in [-0.4, -0.2) is 40.9 Å². The summed E-state index contributed by atoms with van der Waals surface area (Å²) in [6.45, 7) is 5.48. The van der Waals surface area contributed by atoms with Crippen LogP contribution in [0.4, 0.5) is 5.69 Å². The molecule has 2 aromatic rings. The fourth-order valence-corrected chi connectivity index (χ4v) is 3.35. The van der Waals surface area contributed by atoms with Crippen LogP contribution < -0.4 is 15.4 Å². The summed E-state index contributed by atoms with van der Waals surface area (Å²) in [7, 11) is 0. The zero-order valence-corrected chi connectivity index (χ0v) is 18.8. The molecule has 0 saturated carbocycles. The normalized spacial score (nSPS) is 14.9. The molecular weight excluding hydrogens is 450 g/mol. The third kappa shape index (κ3) is 5.60.